The van der Waals surface area contributed by atoms with Crippen LogP contribution in [0.3, 0.4) is 0 Å². The van der Waals surface area contributed by atoms with Crippen molar-refractivity contribution in [1.29, 1.82) is 0 Å². The van der Waals surface area contributed by atoms with Crippen molar-refractivity contribution in [3.05, 3.63) is 34.9 Å². The van der Waals surface area contributed by atoms with E-state index in [9.17, 15) is 0 Å². The molecule has 0 bridgehead atoms. The summed E-state index contributed by atoms with van der Waals surface area (Å²) >= 11 is 0. The minimum Gasteiger partial charge on any atom is -0.330 e. The van der Waals surface area contributed by atoms with Crippen LogP contribution in [-0.2, 0) is 0 Å². The van der Waals surface area contributed by atoms with E-state index in [4.69, 9.17) is 5.73 Å². The maximum absolute atomic E-state index is 5.64. The fraction of sp³-hybridized carbons (Fsp3) is 0.571. The van der Waals surface area contributed by atoms with Gasteiger partial charge in [0.05, 0.1) is 0 Å². The van der Waals surface area contributed by atoms with Gasteiger partial charge in [-0.25, -0.2) is 0 Å². The van der Waals surface area contributed by atoms with E-state index in [1.807, 2.05) is 7.05 Å². The fourth-order valence-corrected chi connectivity index (χ4v) is 2.27. The summed E-state index contributed by atoms with van der Waals surface area (Å²) in [4.78, 5) is 0. The van der Waals surface area contributed by atoms with Gasteiger partial charge in [-0.05, 0) is 50.9 Å². The second kappa shape index (κ2) is 6.02. The van der Waals surface area contributed by atoms with Gasteiger partial charge in [0.25, 0.3) is 0 Å². The molecule has 1 aromatic carbocycles. The highest BCUT2D eigenvalue weighted by Gasteiger charge is 2.18. The van der Waals surface area contributed by atoms with Gasteiger partial charge >= 0.3 is 0 Å². The predicted octanol–water partition coefficient (Wildman–Crippen LogP) is 2.55. The third kappa shape index (κ3) is 3.06. The number of nitrogens with two attached hydrogens (primary N) is 1. The Balaban J connectivity index is 2.98. The molecule has 0 aromatic heterocycles. The van der Waals surface area contributed by atoms with Crippen LogP contribution < -0.4 is 11.1 Å². The molecular formula is C14H24N2. The lowest BCUT2D eigenvalue weighted by Gasteiger charge is -2.25. The number of hydrogen-bond acceptors (Lipinski definition) is 2. The first kappa shape index (κ1) is 13.2. The molecule has 3 N–H and O–H groups in total. The van der Waals surface area contributed by atoms with E-state index >= 15 is 0 Å². The van der Waals surface area contributed by atoms with Crippen molar-refractivity contribution in [2.24, 2.45) is 11.7 Å². The van der Waals surface area contributed by atoms with Crippen LogP contribution >= 0.6 is 0 Å². The van der Waals surface area contributed by atoms with Crippen LogP contribution in [0.25, 0.3) is 0 Å². The maximum Gasteiger partial charge on any atom is 0.0346 e. The Morgan fingerprint density at radius 1 is 1.31 bits per heavy atom. The maximum atomic E-state index is 5.64. The number of rotatable bonds is 5. The van der Waals surface area contributed by atoms with Crippen LogP contribution in [0.4, 0.5) is 0 Å². The highest BCUT2D eigenvalue weighted by atomic mass is 14.9. The first-order valence-corrected chi connectivity index (χ1v) is 6.04. The van der Waals surface area contributed by atoms with Gasteiger partial charge in [0.2, 0.25) is 0 Å². The van der Waals surface area contributed by atoms with Crippen LogP contribution in [0.15, 0.2) is 18.2 Å². The zero-order valence-corrected chi connectivity index (χ0v) is 10.9. The molecule has 2 unspecified atom stereocenters. The summed E-state index contributed by atoms with van der Waals surface area (Å²) in [6.07, 6.45) is 1.05. The highest BCUT2D eigenvalue weighted by molar-refractivity contribution is 5.33. The Morgan fingerprint density at radius 3 is 2.56 bits per heavy atom. The molecule has 0 saturated carbocycles. The standard InChI is InChI=1S/C14H24N2/c1-10-5-6-11(2)13(9-10)14(16-4)12(3)7-8-15/h5-6,9,12,14,16H,7-8,15H2,1-4H3. The fourth-order valence-electron chi connectivity index (χ4n) is 2.27. The minimum absolute atomic E-state index is 0.406. The second-order valence-corrected chi connectivity index (χ2v) is 4.68. The molecule has 1 rings (SSSR count). The summed E-state index contributed by atoms with van der Waals surface area (Å²) in [5.74, 6) is 0.565. The van der Waals surface area contributed by atoms with E-state index in [1.54, 1.807) is 0 Å². The largest absolute Gasteiger partial charge is 0.330 e. The summed E-state index contributed by atoms with van der Waals surface area (Å²) in [6, 6.07) is 7.05. The van der Waals surface area contributed by atoms with Crippen LogP contribution in [0, 0.1) is 19.8 Å². The average Bonchev–Trinajstić information content (AvgIpc) is 2.24. The monoisotopic (exact) mass is 220 g/mol. The molecule has 16 heavy (non-hydrogen) atoms. The quantitative estimate of drug-likeness (QED) is 0.800. The normalized spacial score (nSPS) is 14.8. The number of benzene rings is 1. The molecule has 2 nitrogen and oxygen atoms in total. The van der Waals surface area contributed by atoms with Crippen molar-refractivity contribution in [3.63, 3.8) is 0 Å². The summed E-state index contributed by atoms with van der Waals surface area (Å²) in [7, 11) is 2.03. The molecule has 1 aromatic rings. The Bertz CT molecular complexity index is 334. The lowest BCUT2D eigenvalue weighted by molar-refractivity contribution is 0.390. The van der Waals surface area contributed by atoms with E-state index in [1.165, 1.54) is 16.7 Å². The van der Waals surface area contributed by atoms with Gasteiger partial charge in [-0.1, -0.05) is 30.7 Å². The summed E-state index contributed by atoms with van der Waals surface area (Å²) < 4.78 is 0. The van der Waals surface area contributed by atoms with E-state index in [2.05, 4.69) is 44.3 Å². The third-order valence-corrected chi connectivity index (χ3v) is 3.27. The SMILES string of the molecule is CNC(c1cc(C)ccc1C)C(C)CCN. The van der Waals surface area contributed by atoms with Crippen molar-refractivity contribution in [3.8, 4) is 0 Å². The van der Waals surface area contributed by atoms with Gasteiger partial charge in [-0.2, -0.15) is 0 Å². The molecule has 90 valence electrons. The highest BCUT2D eigenvalue weighted by Crippen LogP contribution is 2.27. The molecule has 0 saturated heterocycles. The molecule has 0 spiro atoms. The van der Waals surface area contributed by atoms with Gasteiger partial charge < -0.3 is 11.1 Å². The van der Waals surface area contributed by atoms with Gasteiger partial charge in [0.15, 0.2) is 0 Å². The smallest absolute Gasteiger partial charge is 0.0346 e. The number of nitrogens with one attached hydrogen (secondary N) is 1. The lowest BCUT2D eigenvalue weighted by atomic mass is 9.88. The Morgan fingerprint density at radius 2 is 2.00 bits per heavy atom. The van der Waals surface area contributed by atoms with Crippen LogP contribution in [0.5, 0.6) is 0 Å². The summed E-state index contributed by atoms with van der Waals surface area (Å²) in [6.45, 7) is 7.33. The molecule has 0 aliphatic carbocycles. The summed E-state index contributed by atoms with van der Waals surface area (Å²) in [5.41, 5.74) is 9.72. The molecule has 0 aliphatic rings. The van der Waals surface area contributed by atoms with Crippen molar-refractivity contribution in [2.75, 3.05) is 13.6 Å². The van der Waals surface area contributed by atoms with E-state index < -0.39 is 0 Å². The zero-order chi connectivity index (χ0) is 12.1. The minimum atomic E-state index is 0.406. The Hall–Kier alpha value is -0.860. The number of aryl methyl sites for hydroxylation is 2. The van der Waals surface area contributed by atoms with Gasteiger partial charge in [0.1, 0.15) is 0 Å². The van der Waals surface area contributed by atoms with Crippen molar-refractivity contribution >= 4 is 0 Å². The first-order valence-electron chi connectivity index (χ1n) is 6.04. The zero-order valence-electron chi connectivity index (χ0n) is 10.9. The van der Waals surface area contributed by atoms with E-state index in [0.29, 0.717) is 12.0 Å². The predicted molar refractivity (Wildman–Crippen MR) is 70.6 cm³/mol. The van der Waals surface area contributed by atoms with Crippen LogP contribution in [0.2, 0.25) is 0 Å². The third-order valence-electron chi connectivity index (χ3n) is 3.27. The average molecular weight is 220 g/mol. The van der Waals surface area contributed by atoms with Gasteiger partial charge in [-0.3, -0.25) is 0 Å². The molecule has 2 heteroatoms. The molecule has 0 aliphatic heterocycles. The van der Waals surface area contributed by atoms with Crippen molar-refractivity contribution in [2.45, 2.75) is 33.2 Å². The first-order chi connectivity index (χ1) is 7.60. The van der Waals surface area contributed by atoms with Gasteiger partial charge in [0, 0.05) is 6.04 Å². The summed E-state index contributed by atoms with van der Waals surface area (Å²) in [5, 5.41) is 3.42. The van der Waals surface area contributed by atoms with Gasteiger partial charge in [-0.15, -0.1) is 0 Å². The van der Waals surface area contributed by atoms with Crippen LogP contribution in [-0.4, -0.2) is 13.6 Å². The lowest BCUT2D eigenvalue weighted by Crippen LogP contribution is -2.26. The van der Waals surface area contributed by atoms with Crippen molar-refractivity contribution < 1.29 is 0 Å². The van der Waals surface area contributed by atoms with Crippen molar-refractivity contribution in [1.82, 2.24) is 5.32 Å². The number of hydrogen-bond donors (Lipinski definition) is 2. The topological polar surface area (TPSA) is 38.0 Å². The molecular weight excluding hydrogens is 196 g/mol. The molecule has 0 radical (unpaired) electrons. The van der Waals surface area contributed by atoms with E-state index in [-0.39, 0.29) is 0 Å². The molecule has 0 heterocycles. The second-order valence-electron chi connectivity index (χ2n) is 4.68. The Kier molecular flexibility index (Phi) is 4.97. The molecule has 0 amide bonds. The Labute approximate surface area is 99.2 Å². The molecule has 2 atom stereocenters. The van der Waals surface area contributed by atoms with Crippen LogP contribution in [0.1, 0.15) is 36.1 Å². The molecule has 0 fully saturated rings. The van der Waals surface area contributed by atoms with E-state index in [0.717, 1.165) is 13.0 Å².